The van der Waals surface area contributed by atoms with Crippen LogP contribution in [0.4, 0.5) is 15.9 Å². The summed E-state index contributed by atoms with van der Waals surface area (Å²) in [4.78, 5) is 15.6. The molecule has 0 atom stereocenters. The van der Waals surface area contributed by atoms with Crippen LogP contribution in [0.2, 0.25) is 0 Å². The molecule has 2 aromatic rings. The number of aromatic carboxylic acids is 1. The second-order valence-corrected chi connectivity index (χ2v) is 6.04. The maximum Gasteiger partial charge on any atom is 0.335 e. The van der Waals surface area contributed by atoms with Gasteiger partial charge in [0.1, 0.15) is 11.6 Å². The maximum absolute atomic E-state index is 13.1. The average molecular weight is 400 g/mol. The quantitative estimate of drug-likeness (QED) is 0.748. The molecular formula is C15H14FIN2O2. The monoisotopic (exact) mass is 400 g/mol. The molecule has 21 heavy (non-hydrogen) atoms. The van der Waals surface area contributed by atoms with Gasteiger partial charge in [0.05, 0.1) is 11.3 Å². The molecule has 2 N–H and O–H groups in total. The van der Waals surface area contributed by atoms with Gasteiger partial charge in [0.25, 0.3) is 0 Å². The van der Waals surface area contributed by atoms with Crippen LogP contribution in [0.3, 0.4) is 0 Å². The number of halogens is 2. The number of benzene rings is 1. The summed E-state index contributed by atoms with van der Waals surface area (Å²) in [7, 11) is 0. The fraction of sp³-hybridized carbons (Fsp3) is 0.200. The molecule has 0 amide bonds. The third-order valence-corrected chi connectivity index (χ3v) is 3.77. The van der Waals surface area contributed by atoms with E-state index in [4.69, 9.17) is 5.11 Å². The number of hydrogen-bond acceptors (Lipinski definition) is 3. The zero-order chi connectivity index (χ0) is 15.6. The number of rotatable bonds is 4. The van der Waals surface area contributed by atoms with Crippen molar-refractivity contribution < 1.29 is 14.3 Å². The molecular weight excluding hydrogens is 386 g/mol. The molecule has 0 bridgehead atoms. The second-order valence-electron chi connectivity index (χ2n) is 4.87. The number of carboxylic acid groups (broad SMARTS) is 1. The fourth-order valence-corrected chi connectivity index (χ4v) is 2.38. The molecule has 1 aromatic carbocycles. The topological polar surface area (TPSA) is 62.2 Å². The van der Waals surface area contributed by atoms with E-state index in [0.29, 0.717) is 20.8 Å². The summed E-state index contributed by atoms with van der Waals surface area (Å²) in [6.07, 6.45) is 0. The molecule has 0 aliphatic carbocycles. The van der Waals surface area contributed by atoms with E-state index in [1.54, 1.807) is 12.1 Å². The Morgan fingerprint density at radius 2 is 2.05 bits per heavy atom. The highest BCUT2D eigenvalue weighted by Crippen LogP contribution is 2.24. The number of anilines is 2. The standard InChI is InChI=1S/C15H14FIN2O2/c1-8(2)13-5-9(15(20)21)6-14(19-13)18-12-4-3-10(16)7-11(12)17/h3-8H,1-2H3,(H,18,19)(H,20,21). The summed E-state index contributed by atoms with van der Waals surface area (Å²) < 4.78 is 13.8. The highest BCUT2D eigenvalue weighted by Gasteiger charge is 2.12. The zero-order valence-corrected chi connectivity index (χ0v) is 13.7. The predicted octanol–water partition coefficient (Wildman–Crippen LogP) is 4.39. The minimum Gasteiger partial charge on any atom is -0.478 e. The molecule has 1 aromatic heterocycles. The Balaban J connectivity index is 2.41. The van der Waals surface area contributed by atoms with Gasteiger partial charge in [-0.15, -0.1) is 0 Å². The summed E-state index contributed by atoms with van der Waals surface area (Å²) in [5.41, 5.74) is 1.55. The van der Waals surface area contributed by atoms with Crippen LogP contribution in [0.1, 0.15) is 35.8 Å². The van der Waals surface area contributed by atoms with Gasteiger partial charge in [-0.3, -0.25) is 0 Å². The Bertz CT molecular complexity index is 689. The number of nitrogens with one attached hydrogen (secondary N) is 1. The summed E-state index contributed by atoms with van der Waals surface area (Å²) >= 11 is 2.01. The molecule has 0 saturated carbocycles. The van der Waals surface area contributed by atoms with Gasteiger partial charge in [0.15, 0.2) is 0 Å². The van der Waals surface area contributed by atoms with Crippen molar-refractivity contribution in [2.24, 2.45) is 0 Å². The van der Waals surface area contributed by atoms with Crippen molar-refractivity contribution in [2.75, 3.05) is 5.32 Å². The summed E-state index contributed by atoms with van der Waals surface area (Å²) in [6, 6.07) is 7.37. The van der Waals surface area contributed by atoms with Crippen LogP contribution >= 0.6 is 22.6 Å². The summed E-state index contributed by atoms with van der Waals surface area (Å²) in [6.45, 7) is 3.89. The number of carbonyl (C=O) groups is 1. The van der Waals surface area contributed by atoms with Crippen LogP contribution in [-0.2, 0) is 0 Å². The second kappa shape index (κ2) is 6.38. The number of nitrogens with zero attached hydrogens (tertiary/aromatic N) is 1. The lowest BCUT2D eigenvalue weighted by Crippen LogP contribution is -2.05. The first-order valence-corrected chi connectivity index (χ1v) is 7.42. The van der Waals surface area contributed by atoms with E-state index in [-0.39, 0.29) is 17.3 Å². The molecule has 110 valence electrons. The fourth-order valence-electron chi connectivity index (χ4n) is 1.76. The van der Waals surface area contributed by atoms with Crippen molar-refractivity contribution in [3.63, 3.8) is 0 Å². The van der Waals surface area contributed by atoms with Gasteiger partial charge < -0.3 is 10.4 Å². The van der Waals surface area contributed by atoms with Crippen molar-refractivity contribution in [1.29, 1.82) is 0 Å². The Labute approximate surface area is 135 Å². The van der Waals surface area contributed by atoms with E-state index in [0.717, 1.165) is 0 Å². The van der Waals surface area contributed by atoms with Crippen LogP contribution in [-0.4, -0.2) is 16.1 Å². The van der Waals surface area contributed by atoms with E-state index in [2.05, 4.69) is 10.3 Å². The van der Waals surface area contributed by atoms with Crippen molar-refractivity contribution in [2.45, 2.75) is 19.8 Å². The first-order valence-electron chi connectivity index (χ1n) is 6.34. The maximum atomic E-state index is 13.1. The molecule has 0 unspecified atom stereocenters. The first kappa shape index (κ1) is 15.7. The smallest absolute Gasteiger partial charge is 0.335 e. The molecule has 0 fully saturated rings. The van der Waals surface area contributed by atoms with Crippen LogP contribution in [0.5, 0.6) is 0 Å². The van der Waals surface area contributed by atoms with Crippen molar-refractivity contribution >= 4 is 40.1 Å². The molecule has 0 aliphatic heterocycles. The molecule has 0 saturated heterocycles. The van der Waals surface area contributed by atoms with Gasteiger partial charge in [-0.2, -0.15) is 0 Å². The Morgan fingerprint density at radius 3 is 2.62 bits per heavy atom. The Kier molecular flexibility index (Phi) is 4.76. The lowest BCUT2D eigenvalue weighted by Gasteiger charge is -2.12. The number of hydrogen-bond donors (Lipinski definition) is 2. The van der Waals surface area contributed by atoms with Crippen LogP contribution in [0.25, 0.3) is 0 Å². The van der Waals surface area contributed by atoms with Gasteiger partial charge in [0.2, 0.25) is 0 Å². The van der Waals surface area contributed by atoms with E-state index in [9.17, 15) is 9.18 Å². The largest absolute Gasteiger partial charge is 0.478 e. The minimum atomic E-state index is -1.00. The van der Waals surface area contributed by atoms with E-state index in [1.165, 1.54) is 18.2 Å². The van der Waals surface area contributed by atoms with E-state index >= 15 is 0 Å². The summed E-state index contributed by atoms with van der Waals surface area (Å²) in [5, 5.41) is 12.2. The number of carboxylic acids is 1. The lowest BCUT2D eigenvalue weighted by atomic mass is 10.1. The van der Waals surface area contributed by atoms with Gasteiger partial charge in [-0.25, -0.2) is 14.2 Å². The zero-order valence-electron chi connectivity index (χ0n) is 11.5. The van der Waals surface area contributed by atoms with E-state index in [1.807, 2.05) is 36.4 Å². The first-order chi connectivity index (χ1) is 9.86. The molecule has 6 heteroatoms. The molecule has 0 aliphatic rings. The Morgan fingerprint density at radius 1 is 1.33 bits per heavy atom. The highest BCUT2D eigenvalue weighted by atomic mass is 127. The van der Waals surface area contributed by atoms with E-state index < -0.39 is 5.97 Å². The average Bonchev–Trinajstić information content (AvgIpc) is 2.41. The summed E-state index contributed by atoms with van der Waals surface area (Å²) in [5.74, 6) is -0.781. The molecule has 4 nitrogen and oxygen atoms in total. The van der Waals surface area contributed by atoms with Gasteiger partial charge in [0, 0.05) is 9.26 Å². The highest BCUT2D eigenvalue weighted by molar-refractivity contribution is 14.1. The third-order valence-electron chi connectivity index (χ3n) is 2.88. The SMILES string of the molecule is CC(C)c1cc(C(=O)O)cc(Nc2ccc(F)cc2I)n1. The third kappa shape index (κ3) is 3.90. The van der Waals surface area contributed by atoms with Crippen LogP contribution < -0.4 is 5.32 Å². The van der Waals surface area contributed by atoms with Crippen molar-refractivity contribution in [1.82, 2.24) is 4.98 Å². The Hall–Kier alpha value is -1.70. The number of aromatic nitrogens is 1. The van der Waals surface area contributed by atoms with Crippen molar-refractivity contribution in [3.05, 3.63) is 51.0 Å². The van der Waals surface area contributed by atoms with Gasteiger partial charge >= 0.3 is 5.97 Å². The van der Waals surface area contributed by atoms with Crippen LogP contribution in [0.15, 0.2) is 30.3 Å². The molecule has 0 radical (unpaired) electrons. The normalized spacial score (nSPS) is 10.7. The van der Waals surface area contributed by atoms with Gasteiger partial charge in [-0.05, 0) is 58.8 Å². The lowest BCUT2D eigenvalue weighted by molar-refractivity contribution is 0.0696. The van der Waals surface area contributed by atoms with Crippen molar-refractivity contribution in [3.8, 4) is 0 Å². The predicted molar refractivity (Wildman–Crippen MR) is 87.7 cm³/mol. The molecule has 1 heterocycles. The van der Waals surface area contributed by atoms with Gasteiger partial charge in [-0.1, -0.05) is 13.8 Å². The van der Waals surface area contributed by atoms with Crippen LogP contribution in [0, 0.1) is 9.39 Å². The number of pyridine rings is 1. The minimum absolute atomic E-state index is 0.108. The molecule has 0 spiro atoms. The molecule has 2 rings (SSSR count).